The maximum absolute atomic E-state index is 8.90. The Bertz CT molecular complexity index is 192. The minimum Gasteiger partial charge on any atom is -0.411 e. The van der Waals surface area contributed by atoms with Crippen LogP contribution in [0, 0.1) is 5.41 Å². The summed E-state index contributed by atoms with van der Waals surface area (Å²) in [6, 6.07) is 0. The van der Waals surface area contributed by atoms with Gasteiger partial charge in [-0.15, -0.1) is 0 Å². The second-order valence-electron chi connectivity index (χ2n) is 4.24. The van der Waals surface area contributed by atoms with Crippen molar-refractivity contribution in [1.29, 1.82) is 0 Å². The first-order chi connectivity index (χ1) is 5.87. The minimum atomic E-state index is 0.340. The van der Waals surface area contributed by atoms with Gasteiger partial charge in [0.25, 0.3) is 0 Å². The molecule has 2 rings (SSSR count). The van der Waals surface area contributed by atoms with Crippen molar-refractivity contribution in [2.75, 3.05) is 0 Å². The van der Waals surface area contributed by atoms with E-state index in [1.54, 1.807) is 0 Å². The molecule has 12 heavy (non-hydrogen) atoms. The molecule has 0 aromatic rings. The summed E-state index contributed by atoms with van der Waals surface area (Å²) >= 11 is 0. The molecule has 1 spiro atoms. The molecule has 0 atom stereocenters. The molecule has 2 heteroatoms. The lowest BCUT2D eigenvalue weighted by atomic mass is 9.71. The molecule has 2 aliphatic rings. The van der Waals surface area contributed by atoms with Crippen LogP contribution in [0.15, 0.2) is 5.16 Å². The van der Waals surface area contributed by atoms with Crippen molar-refractivity contribution >= 4 is 5.71 Å². The van der Waals surface area contributed by atoms with Gasteiger partial charge in [-0.25, -0.2) is 0 Å². The molecule has 0 aromatic heterocycles. The Kier molecular flexibility index (Phi) is 2.07. The van der Waals surface area contributed by atoms with Gasteiger partial charge in [0.2, 0.25) is 0 Å². The van der Waals surface area contributed by atoms with Gasteiger partial charge in [-0.3, -0.25) is 0 Å². The summed E-state index contributed by atoms with van der Waals surface area (Å²) in [6.45, 7) is 0. The second-order valence-corrected chi connectivity index (χ2v) is 4.24. The largest absolute Gasteiger partial charge is 0.411 e. The highest BCUT2D eigenvalue weighted by Crippen LogP contribution is 2.47. The number of rotatable bonds is 0. The lowest BCUT2D eigenvalue weighted by Gasteiger charge is -2.33. The Morgan fingerprint density at radius 2 is 1.58 bits per heavy atom. The zero-order valence-corrected chi connectivity index (χ0v) is 7.55. The van der Waals surface area contributed by atoms with Gasteiger partial charge in [0.1, 0.15) is 0 Å². The molecule has 0 heterocycles. The van der Waals surface area contributed by atoms with E-state index in [1.165, 1.54) is 44.9 Å². The van der Waals surface area contributed by atoms with E-state index < -0.39 is 0 Å². The van der Waals surface area contributed by atoms with Gasteiger partial charge < -0.3 is 5.21 Å². The van der Waals surface area contributed by atoms with Gasteiger partial charge in [-0.1, -0.05) is 24.4 Å². The van der Waals surface area contributed by atoms with E-state index in [9.17, 15) is 0 Å². The standard InChI is InChI=1S/C10H17NO/c12-11-9-5-1-2-6-10(9)7-3-4-8-10/h12H,1-8H2. The molecule has 0 amide bonds. The molecule has 0 unspecified atom stereocenters. The third kappa shape index (κ3) is 1.13. The van der Waals surface area contributed by atoms with E-state index in [2.05, 4.69) is 5.16 Å². The van der Waals surface area contributed by atoms with E-state index in [1.807, 2.05) is 0 Å². The van der Waals surface area contributed by atoms with E-state index >= 15 is 0 Å². The topological polar surface area (TPSA) is 32.6 Å². The zero-order chi connectivity index (χ0) is 8.44. The molecule has 0 saturated heterocycles. The van der Waals surface area contributed by atoms with Crippen molar-refractivity contribution in [2.24, 2.45) is 10.6 Å². The Morgan fingerprint density at radius 3 is 2.17 bits per heavy atom. The van der Waals surface area contributed by atoms with Crippen molar-refractivity contribution in [3.63, 3.8) is 0 Å². The Labute approximate surface area is 73.7 Å². The number of hydrogen-bond acceptors (Lipinski definition) is 2. The lowest BCUT2D eigenvalue weighted by molar-refractivity contribution is 0.282. The van der Waals surface area contributed by atoms with Gasteiger partial charge >= 0.3 is 0 Å². The van der Waals surface area contributed by atoms with Gasteiger partial charge in [0.05, 0.1) is 5.71 Å². The predicted molar refractivity (Wildman–Crippen MR) is 48.6 cm³/mol. The van der Waals surface area contributed by atoms with Gasteiger partial charge in [-0.05, 0) is 32.1 Å². The summed E-state index contributed by atoms with van der Waals surface area (Å²) in [7, 11) is 0. The maximum atomic E-state index is 8.90. The molecular formula is C10H17NO. The molecule has 0 radical (unpaired) electrons. The normalized spacial score (nSPS) is 31.5. The predicted octanol–water partition coefficient (Wildman–Crippen LogP) is 2.95. The van der Waals surface area contributed by atoms with Crippen LogP contribution in [0.2, 0.25) is 0 Å². The SMILES string of the molecule is ON=C1CCCCC12CCCC2. The molecule has 2 fully saturated rings. The summed E-state index contributed by atoms with van der Waals surface area (Å²) in [5.74, 6) is 0. The van der Waals surface area contributed by atoms with Crippen LogP contribution in [0.4, 0.5) is 0 Å². The lowest BCUT2D eigenvalue weighted by Crippen LogP contribution is -2.31. The minimum absolute atomic E-state index is 0.340. The summed E-state index contributed by atoms with van der Waals surface area (Å²) in [6.07, 6.45) is 10.1. The molecule has 2 nitrogen and oxygen atoms in total. The summed E-state index contributed by atoms with van der Waals surface area (Å²) in [4.78, 5) is 0. The first-order valence-corrected chi connectivity index (χ1v) is 5.09. The van der Waals surface area contributed by atoms with Crippen LogP contribution >= 0.6 is 0 Å². The van der Waals surface area contributed by atoms with Gasteiger partial charge in [0.15, 0.2) is 0 Å². The maximum Gasteiger partial charge on any atom is 0.0632 e. The Hall–Kier alpha value is -0.530. The first-order valence-electron chi connectivity index (χ1n) is 5.09. The summed E-state index contributed by atoms with van der Waals surface area (Å²) in [5.41, 5.74) is 1.44. The molecule has 0 aromatic carbocycles. The summed E-state index contributed by atoms with van der Waals surface area (Å²) < 4.78 is 0. The van der Waals surface area contributed by atoms with Crippen LogP contribution in [-0.2, 0) is 0 Å². The molecule has 2 saturated carbocycles. The van der Waals surface area contributed by atoms with Crippen LogP contribution in [0.5, 0.6) is 0 Å². The second kappa shape index (κ2) is 3.08. The third-order valence-electron chi connectivity index (χ3n) is 3.61. The van der Waals surface area contributed by atoms with E-state index in [0.717, 1.165) is 12.1 Å². The van der Waals surface area contributed by atoms with Gasteiger partial charge in [-0.2, -0.15) is 0 Å². The fourth-order valence-corrected chi connectivity index (χ4v) is 2.91. The van der Waals surface area contributed by atoms with E-state index in [4.69, 9.17) is 5.21 Å². The van der Waals surface area contributed by atoms with Crippen molar-refractivity contribution in [3.05, 3.63) is 0 Å². The van der Waals surface area contributed by atoms with Crippen molar-refractivity contribution in [3.8, 4) is 0 Å². The smallest absolute Gasteiger partial charge is 0.0632 e. The average molecular weight is 167 g/mol. The van der Waals surface area contributed by atoms with Crippen molar-refractivity contribution in [2.45, 2.75) is 51.4 Å². The molecule has 68 valence electrons. The van der Waals surface area contributed by atoms with Gasteiger partial charge in [0, 0.05) is 5.41 Å². The summed E-state index contributed by atoms with van der Waals surface area (Å²) in [5, 5.41) is 12.4. The highest BCUT2D eigenvalue weighted by atomic mass is 16.4. The van der Waals surface area contributed by atoms with Crippen LogP contribution in [0.25, 0.3) is 0 Å². The van der Waals surface area contributed by atoms with Crippen LogP contribution in [-0.4, -0.2) is 10.9 Å². The van der Waals surface area contributed by atoms with E-state index in [0.29, 0.717) is 5.41 Å². The number of hydrogen-bond donors (Lipinski definition) is 1. The quantitative estimate of drug-likeness (QED) is 0.436. The molecule has 0 aliphatic heterocycles. The first kappa shape index (κ1) is 8.09. The highest BCUT2D eigenvalue weighted by molar-refractivity contribution is 5.90. The van der Waals surface area contributed by atoms with Crippen LogP contribution < -0.4 is 0 Å². The fourth-order valence-electron chi connectivity index (χ4n) is 2.91. The van der Waals surface area contributed by atoms with E-state index in [-0.39, 0.29) is 0 Å². The Balaban J connectivity index is 2.19. The van der Waals surface area contributed by atoms with Crippen molar-refractivity contribution < 1.29 is 5.21 Å². The molecule has 0 bridgehead atoms. The molecule has 2 aliphatic carbocycles. The average Bonchev–Trinajstić information content (AvgIpc) is 2.55. The highest BCUT2D eigenvalue weighted by Gasteiger charge is 2.40. The monoisotopic (exact) mass is 167 g/mol. The third-order valence-corrected chi connectivity index (χ3v) is 3.61. The number of nitrogens with zero attached hydrogens (tertiary/aromatic N) is 1. The number of oxime groups is 1. The zero-order valence-electron chi connectivity index (χ0n) is 7.55. The Morgan fingerprint density at radius 1 is 1.00 bits per heavy atom. The van der Waals surface area contributed by atoms with Crippen molar-refractivity contribution in [1.82, 2.24) is 0 Å². The molecule has 1 N–H and O–H groups in total. The van der Waals surface area contributed by atoms with Crippen LogP contribution in [0.1, 0.15) is 51.4 Å². The fraction of sp³-hybridized carbons (Fsp3) is 0.900. The van der Waals surface area contributed by atoms with Crippen LogP contribution in [0.3, 0.4) is 0 Å². The molecular weight excluding hydrogens is 150 g/mol.